The van der Waals surface area contributed by atoms with Crippen molar-refractivity contribution in [3.8, 4) is 0 Å². The SMILES string of the molecule is CCNC(=NCc1cccc(N(C)C)c1)NCCCOCC1CCCO1. The van der Waals surface area contributed by atoms with Gasteiger partial charge in [0.25, 0.3) is 0 Å². The molecule has 1 atom stereocenters. The predicted octanol–water partition coefficient (Wildman–Crippen LogP) is 2.39. The fourth-order valence-electron chi connectivity index (χ4n) is 2.82. The van der Waals surface area contributed by atoms with Crippen molar-refractivity contribution in [2.24, 2.45) is 4.99 Å². The summed E-state index contributed by atoms with van der Waals surface area (Å²) in [4.78, 5) is 6.78. The van der Waals surface area contributed by atoms with Crippen LogP contribution < -0.4 is 15.5 Å². The lowest BCUT2D eigenvalue weighted by molar-refractivity contribution is 0.0168. The van der Waals surface area contributed by atoms with Gasteiger partial charge in [0.05, 0.1) is 19.3 Å². The Morgan fingerprint density at radius 1 is 1.35 bits per heavy atom. The molecule has 0 saturated carbocycles. The molecule has 6 nitrogen and oxygen atoms in total. The van der Waals surface area contributed by atoms with Crippen molar-refractivity contribution in [1.29, 1.82) is 0 Å². The Morgan fingerprint density at radius 2 is 2.23 bits per heavy atom. The minimum atomic E-state index is 0.305. The third-order valence-corrected chi connectivity index (χ3v) is 4.28. The molecule has 0 amide bonds. The number of hydrogen-bond acceptors (Lipinski definition) is 4. The second-order valence-electron chi connectivity index (χ2n) is 6.75. The molecule has 2 N–H and O–H groups in total. The second kappa shape index (κ2) is 11.8. The van der Waals surface area contributed by atoms with Crippen LogP contribution in [0.4, 0.5) is 5.69 Å². The predicted molar refractivity (Wildman–Crippen MR) is 108 cm³/mol. The fourth-order valence-corrected chi connectivity index (χ4v) is 2.82. The molecule has 0 radical (unpaired) electrons. The first kappa shape index (κ1) is 20.5. The van der Waals surface area contributed by atoms with E-state index in [0.29, 0.717) is 12.6 Å². The van der Waals surface area contributed by atoms with Crippen molar-refractivity contribution < 1.29 is 9.47 Å². The van der Waals surface area contributed by atoms with Crippen LogP contribution in [0.1, 0.15) is 31.7 Å². The average Bonchev–Trinajstić information content (AvgIpc) is 3.16. The molecule has 146 valence electrons. The molecule has 1 aliphatic heterocycles. The Morgan fingerprint density at radius 3 is 2.96 bits per heavy atom. The first-order valence-corrected chi connectivity index (χ1v) is 9.67. The molecule has 1 aromatic rings. The van der Waals surface area contributed by atoms with E-state index in [2.05, 4.69) is 65.8 Å². The quantitative estimate of drug-likeness (QED) is 0.380. The zero-order valence-corrected chi connectivity index (χ0v) is 16.5. The molecule has 6 heteroatoms. The van der Waals surface area contributed by atoms with Crippen LogP contribution in [0, 0.1) is 0 Å². The lowest BCUT2D eigenvalue weighted by Gasteiger charge is -2.14. The molecular weight excluding hydrogens is 328 g/mol. The number of aliphatic imine (C=N–C) groups is 1. The van der Waals surface area contributed by atoms with Crippen molar-refractivity contribution in [2.45, 2.75) is 38.8 Å². The van der Waals surface area contributed by atoms with E-state index in [4.69, 9.17) is 9.47 Å². The summed E-state index contributed by atoms with van der Waals surface area (Å²) < 4.78 is 11.2. The highest BCUT2D eigenvalue weighted by atomic mass is 16.5. The van der Waals surface area contributed by atoms with Gasteiger partial charge in [-0.3, -0.25) is 0 Å². The zero-order valence-electron chi connectivity index (χ0n) is 16.5. The van der Waals surface area contributed by atoms with Crippen LogP contribution in [-0.4, -0.2) is 59.1 Å². The molecule has 1 aliphatic rings. The third-order valence-electron chi connectivity index (χ3n) is 4.28. The molecule has 0 spiro atoms. The van der Waals surface area contributed by atoms with Crippen molar-refractivity contribution in [3.05, 3.63) is 29.8 Å². The van der Waals surface area contributed by atoms with Crippen LogP contribution in [0.2, 0.25) is 0 Å². The van der Waals surface area contributed by atoms with Crippen molar-refractivity contribution in [1.82, 2.24) is 10.6 Å². The van der Waals surface area contributed by atoms with Gasteiger partial charge in [0.2, 0.25) is 0 Å². The number of guanidine groups is 1. The first-order valence-electron chi connectivity index (χ1n) is 9.67. The van der Waals surface area contributed by atoms with Crippen LogP contribution in [0.15, 0.2) is 29.3 Å². The molecule has 1 aromatic carbocycles. The van der Waals surface area contributed by atoms with Gasteiger partial charge in [-0.05, 0) is 43.9 Å². The van der Waals surface area contributed by atoms with Crippen LogP contribution in [0.25, 0.3) is 0 Å². The molecular formula is C20H34N4O2. The monoisotopic (exact) mass is 362 g/mol. The third kappa shape index (κ3) is 7.62. The first-order chi connectivity index (χ1) is 12.7. The van der Waals surface area contributed by atoms with Gasteiger partial charge in [-0.2, -0.15) is 0 Å². The molecule has 1 heterocycles. The highest BCUT2D eigenvalue weighted by Gasteiger charge is 2.14. The molecule has 26 heavy (non-hydrogen) atoms. The van der Waals surface area contributed by atoms with Crippen LogP contribution in [0.3, 0.4) is 0 Å². The zero-order chi connectivity index (χ0) is 18.6. The van der Waals surface area contributed by atoms with E-state index < -0.39 is 0 Å². The second-order valence-corrected chi connectivity index (χ2v) is 6.75. The highest BCUT2D eigenvalue weighted by molar-refractivity contribution is 5.79. The van der Waals surface area contributed by atoms with Crippen LogP contribution >= 0.6 is 0 Å². The number of benzene rings is 1. The number of ether oxygens (including phenoxy) is 2. The molecule has 0 bridgehead atoms. The Labute approximate surface area is 158 Å². The minimum Gasteiger partial charge on any atom is -0.379 e. The molecule has 0 aliphatic carbocycles. The summed E-state index contributed by atoms with van der Waals surface area (Å²) in [5.41, 5.74) is 2.40. The molecule has 1 unspecified atom stereocenters. The molecule has 0 aromatic heterocycles. The maximum atomic E-state index is 5.69. The van der Waals surface area contributed by atoms with Crippen LogP contribution in [-0.2, 0) is 16.0 Å². The van der Waals surface area contributed by atoms with E-state index in [-0.39, 0.29) is 0 Å². The van der Waals surface area contributed by atoms with Crippen molar-refractivity contribution in [2.75, 3.05) is 51.9 Å². The number of nitrogens with zero attached hydrogens (tertiary/aromatic N) is 2. The summed E-state index contributed by atoms with van der Waals surface area (Å²) in [5.74, 6) is 0.849. The molecule has 1 saturated heterocycles. The summed E-state index contributed by atoms with van der Waals surface area (Å²) in [6.45, 7) is 6.78. The number of rotatable bonds is 10. The van der Waals surface area contributed by atoms with Gasteiger partial charge in [-0.1, -0.05) is 12.1 Å². The Balaban J connectivity index is 1.69. The fraction of sp³-hybridized carbons (Fsp3) is 0.650. The Kier molecular flexibility index (Phi) is 9.28. The summed E-state index contributed by atoms with van der Waals surface area (Å²) in [5, 5.41) is 6.67. The Bertz CT molecular complexity index is 542. The number of anilines is 1. The van der Waals surface area contributed by atoms with Crippen LogP contribution in [0.5, 0.6) is 0 Å². The largest absolute Gasteiger partial charge is 0.379 e. The van der Waals surface area contributed by atoms with Crippen molar-refractivity contribution >= 4 is 11.6 Å². The molecule has 1 fully saturated rings. The Hall–Kier alpha value is -1.79. The van der Waals surface area contributed by atoms with Gasteiger partial charge in [-0.25, -0.2) is 4.99 Å². The normalized spacial score (nSPS) is 17.3. The lowest BCUT2D eigenvalue weighted by Crippen LogP contribution is -2.38. The van der Waals surface area contributed by atoms with E-state index in [1.165, 1.54) is 11.3 Å². The lowest BCUT2D eigenvalue weighted by atomic mass is 10.2. The van der Waals surface area contributed by atoms with E-state index in [9.17, 15) is 0 Å². The summed E-state index contributed by atoms with van der Waals surface area (Å²) >= 11 is 0. The number of hydrogen-bond donors (Lipinski definition) is 2. The van der Waals surface area contributed by atoms with E-state index in [1.54, 1.807) is 0 Å². The van der Waals surface area contributed by atoms with Gasteiger partial charge >= 0.3 is 0 Å². The standard InChI is InChI=1S/C20H34N4O2/c1-4-21-20(22-11-7-12-25-16-19-10-6-13-26-19)23-15-17-8-5-9-18(14-17)24(2)3/h5,8-9,14,19H,4,6-7,10-13,15-16H2,1-3H3,(H2,21,22,23). The highest BCUT2D eigenvalue weighted by Crippen LogP contribution is 2.14. The number of nitrogens with one attached hydrogen (secondary N) is 2. The maximum Gasteiger partial charge on any atom is 0.191 e. The van der Waals surface area contributed by atoms with Gasteiger partial charge in [0.1, 0.15) is 0 Å². The van der Waals surface area contributed by atoms with Gasteiger partial charge in [0.15, 0.2) is 5.96 Å². The topological polar surface area (TPSA) is 58.1 Å². The smallest absolute Gasteiger partial charge is 0.191 e. The summed E-state index contributed by atoms with van der Waals surface area (Å²) in [7, 11) is 4.10. The van der Waals surface area contributed by atoms with Crippen molar-refractivity contribution in [3.63, 3.8) is 0 Å². The average molecular weight is 363 g/mol. The van der Waals surface area contributed by atoms with E-state index in [0.717, 1.165) is 58.1 Å². The van der Waals surface area contributed by atoms with E-state index >= 15 is 0 Å². The molecule has 2 rings (SSSR count). The summed E-state index contributed by atoms with van der Waals surface area (Å²) in [6.07, 6.45) is 3.55. The maximum absolute atomic E-state index is 5.69. The van der Waals surface area contributed by atoms with Gasteiger partial charge in [-0.15, -0.1) is 0 Å². The minimum absolute atomic E-state index is 0.305. The van der Waals surface area contributed by atoms with Gasteiger partial charge in [0, 0.05) is 46.1 Å². The van der Waals surface area contributed by atoms with E-state index in [1.807, 2.05) is 0 Å². The summed E-state index contributed by atoms with van der Waals surface area (Å²) in [6, 6.07) is 8.46. The van der Waals surface area contributed by atoms with Gasteiger partial charge < -0.3 is 25.0 Å².